The highest BCUT2D eigenvalue weighted by Crippen LogP contribution is 2.52. The second-order valence-electron chi connectivity index (χ2n) is 6.16. The molecule has 0 aromatic heterocycles. The molecular formula is C16H17N3O3. The summed E-state index contributed by atoms with van der Waals surface area (Å²) in [5.41, 5.74) is 2.42. The van der Waals surface area contributed by atoms with Crippen molar-refractivity contribution in [3.05, 3.63) is 35.4 Å². The molecule has 0 saturated carbocycles. The van der Waals surface area contributed by atoms with E-state index in [9.17, 15) is 14.4 Å². The van der Waals surface area contributed by atoms with Gasteiger partial charge in [-0.05, 0) is 24.0 Å². The van der Waals surface area contributed by atoms with Gasteiger partial charge in [0.05, 0.1) is 12.1 Å². The van der Waals surface area contributed by atoms with E-state index in [0.717, 1.165) is 17.7 Å². The zero-order valence-electron chi connectivity index (χ0n) is 12.4. The van der Waals surface area contributed by atoms with Gasteiger partial charge in [0.15, 0.2) is 0 Å². The molecule has 2 atom stereocenters. The van der Waals surface area contributed by atoms with Crippen molar-refractivity contribution in [1.82, 2.24) is 14.7 Å². The van der Waals surface area contributed by atoms with E-state index in [4.69, 9.17) is 0 Å². The number of urea groups is 1. The monoisotopic (exact) mass is 299 g/mol. The summed E-state index contributed by atoms with van der Waals surface area (Å²) in [6.45, 7) is -0.0950. The Hall–Kier alpha value is -2.37. The lowest BCUT2D eigenvalue weighted by Gasteiger charge is -2.24. The number of rotatable bonds is 2. The van der Waals surface area contributed by atoms with Gasteiger partial charge in [-0.25, -0.2) is 4.79 Å². The topological polar surface area (TPSA) is 60.9 Å². The van der Waals surface area contributed by atoms with Crippen LogP contribution in [0.5, 0.6) is 0 Å². The van der Waals surface area contributed by atoms with E-state index in [1.165, 1.54) is 16.0 Å². The van der Waals surface area contributed by atoms with E-state index in [1.54, 1.807) is 7.05 Å². The minimum Gasteiger partial charge on any atom is -0.327 e. The molecule has 6 heteroatoms. The predicted octanol–water partition coefficient (Wildman–Crippen LogP) is 1.30. The van der Waals surface area contributed by atoms with Gasteiger partial charge in [-0.1, -0.05) is 24.3 Å². The number of fused-ring (bicyclic) bond motifs is 5. The van der Waals surface area contributed by atoms with Crippen LogP contribution in [-0.4, -0.2) is 52.7 Å². The molecule has 0 radical (unpaired) electrons. The number of likely N-dealkylation sites (N-methyl/N-ethyl adjacent to an activating group) is 1. The fourth-order valence-electron chi connectivity index (χ4n) is 3.93. The molecule has 114 valence electrons. The zero-order valence-corrected chi connectivity index (χ0v) is 12.4. The van der Waals surface area contributed by atoms with Crippen LogP contribution in [0.15, 0.2) is 24.3 Å². The summed E-state index contributed by atoms with van der Waals surface area (Å²) < 4.78 is 0. The van der Waals surface area contributed by atoms with Crippen LogP contribution < -0.4 is 0 Å². The van der Waals surface area contributed by atoms with E-state index < -0.39 is 0 Å². The Kier molecular flexibility index (Phi) is 2.76. The van der Waals surface area contributed by atoms with E-state index in [1.807, 2.05) is 17.0 Å². The van der Waals surface area contributed by atoms with Gasteiger partial charge in [0.25, 0.3) is 5.91 Å². The van der Waals surface area contributed by atoms with Crippen molar-refractivity contribution in [2.75, 3.05) is 20.1 Å². The smallest absolute Gasteiger partial charge is 0.327 e. The lowest BCUT2D eigenvalue weighted by Crippen LogP contribution is -2.42. The van der Waals surface area contributed by atoms with E-state index in [0.29, 0.717) is 0 Å². The van der Waals surface area contributed by atoms with Gasteiger partial charge in [0.2, 0.25) is 5.91 Å². The average Bonchev–Trinajstić information content (AvgIpc) is 3.14. The third-order valence-electron chi connectivity index (χ3n) is 4.91. The Morgan fingerprint density at radius 3 is 2.23 bits per heavy atom. The number of carbonyl (C=O) groups is 3. The summed E-state index contributed by atoms with van der Waals surface area (Å²) in [5.74, 6) is -0.439. The molecule has 6 nitrogen and oxygen atoms in total. The predicted molar refractivity (Wildman–Crippen MR) is 77.7 cm³/mol. The summed E-state index contributed by atoms with van der Waals surface area (Å²) in [4.78, 5) is 40.7. The molecule has 3 heterocycles. The normalized spacial score (nSPS) is 26.1. The molecule has 4 rings (SSSR count). The first-order valence-electron chi connectivity index (χ1n) is 7.53. The van der Waals surface area contributed by atoms with Gasteiger partial charge in [0.1, 0.15) is 13.1 Å². The summed E-state index contributed by atoms with van der Waals surface area (Å²) in [6.07, 6.45) is 1.91. The van der Waals surface area contributed by atoms with Crippen LogP contribution in [0.2, 0.25) is 0 Å². The molecule has 0 spiro atoms. The number of nitrogens with zero attached hydrogens (tertiary/aromatic N) is 3. The second-order valence-corrected chi connectivity index (χ2v) is 6.16. The van der Waals surface area contributed by atoms with Crippen molar-refractivity contribution in [3.8, 4) is 0 Å². The molecule has 4 amide bonds. The van der Waals surface area contributed by atoms with Gasteiger partial charge in [-0.2, -0.15) is 0 Å². The Morgan fingerprint density at radius 2 is 1.73 bits per heavy atom. The van der Waals surface area contributed by atoms with Crippen molar-refractivity contribution in [1.29, 1.82) is 0 Å². The standard InChI is InChI=1S/C16H17N3O3/c1-17-8-14(20)18(16(17)22)9-15(21)19-12-6-7-13(19)11-5-3-2-4-10(11)12/h2-5,12-13H,6-9H2,1H3. The van der Waals surface area contributed by atoms with Crippen molar-refractivity contribution in [2.24, 2.45) is 0 Å². The first-order chi connectivity index (χ1) is 10.6. The van der Waals surface area contributed by atoms with Gasteiger partial charge in [-0.3, -0.25) is 14.5 Å². The van der Waals surface area contributed by atoms with Crippen LogP contribution in [0, 0.1) is 0 Å². The maximum atomic E-state index is 12.7. The number of imide groups is 1. The highest BCUT2D eigenvalue weighted by Gasteiger charge is 2.47. The highest BCUT2D eigenvalue weighted by molar-refractivity contribution is 6.04. The molecule has 3 aliphatic heterocycles. The fraction of sp³-hybridized carbons (Fsp3) is 0.438. The fourth-order valence-corrected chi connectivity index (χ4v) is 3.93. The third-order valence-corrected chi connectivity index (χ3v) is 4.91. The maximum absolute atomic E-state index is 12.7. The minimum absolute atomic E-state index is 0.0548. The van der Waals surface area contributed by atoms with E-state index in [2.05, 4.69) is 12.1 Å². The number of amides is 4. The maximum Gasteiger partial charge on any atom is 0.327 e. The lowest BCUT2D eigenvalue weighted by atomic mass is 9.92. The molecule has 2 bridgehead atoms. The first-order valence-corrected chi connectivity index (χ1v) is 7.53. The van der Waals surface area contributed by atoms with Crippen LogP contribution in [0.4, 0.5) is 4.79 Å². The van der Waals surface area contributed by atoms with Crippen molar-refractivity contribution in [3.63, 3.8) is 0 Å². The summed E-state index contributed by atoms with van der Waals surface area (Å²) in [6, 6.07) is 7.93. The highest BCUT2D eigenvalue weighted by atomic mass is 16.2. The first kappa shape index (κ1) is 13.3. The molecule has 0 aliphatic carbocycles. The van der Waals surface area contributed by atoms with Crippen molar-refractivity contribution >= 4 is 17.8 Å². The molecule has 2 saturated heterocycles. The molecule has 2 fully saturated rings. The summed E-state index contributed by atoms with van der Waals surface area (Å²) >= 11 is 0. The molecule has 1 aromatic rings. The molecule has 0 N–H and O–H groups in total. The Labute approximate surface area is 128 Å². The molecule has 22 heavy (non-hydrogen) atoms. The molecule has 2 unspecified atom stereocenters. The van der Waals surface area contributed by atoms with Gasteiger partial charge in [0, 0.05) is 7.05 Å². The van der Waals surface area contributed by atoms with E-state index in [-0.39, 0.29) is 43.0 Å². The summed E-state index contributed by atoms with van der Waals surface area (Å²) in [7, 11) is 1.57. The van der Waals surface area contributed by atoms with Crippen molar-refractivity contribution < 1.29 is 14.4 Å². The number of hydrogen-bond donors (Lipinski definition) is 0. The van der Waals surface area contributed by atoms with E-state index >= 15 is 0 Å². The van der Waals surface area contributed by atoms with Crippen LogP contribution in [-0.2, 0) is 9.59 Å². The third kappa shape index (κ3) is 1.70. The van der Waals surface area contributed by atoms with Gasteiger partial charge < -0.3 is 9.80 Å². The molecule has 3 aliphatic rings. The Bertz CT molecular complexity index is 656. The zero-order chi connectivity index (χ0) is 15.4. The molecule has 1 aromatic carbocycles. The van der Waals surface area contributed by atoms with Crippen LogP contribution in [0.25, 0.3) is 0 Å². The average molecular weight is 299 g/mol. The van der Waals surface area contributed by atoms with Crippen LogP contribution in [0.3, 0.4) is 0 Å². The lowest BCUT2D eigenvalue weighted by molar-refractivity contribution is -0.138. The number of carbonyl (C=O) groups excluding carboxylic acids is 3. The summed E-state index contributed by atoms with van der Waals surface area (Å²) in [5, 5.41) is 0. The largest absolute Gasteiger partial charge is 0.327 e. The van der Waals surface area contributed by atoms with Crippen molar-refractivity contribution in [2.45, 2.75) is 24.9 Å². The van der Waals surface area contributed by atoms with Crippen LogP contribution >= 0.6 is 0 Å². The minimum atomic E-state index is -0.387. The van der Waals surface area contributed by atoms with Gasteiger partial charge in [-0.15, -0.1) is 0 Å². The Balaban J connectivity index is 1.56. The molecular weight excluding hydrogens is 282 g/mol. The van der Waals surface area contributed by atoms with Gasteiger partial charge >= 0.3 is 6.03 Å². The SMILES string of the molecule is CN1CC(=O)N(CC(=O)N2C3CCC2c2ccccc23)C1=O. The number of benzene rings is 1. The van der Waals surface area contributed by atoms with Crippen LogP contribution in [0.1, 0.15) is 36.1 Å². The number of hydrogen-bond acceptors (Lipinski definition) is 3. The quantitative estimate of drug-likeness (QED) is 0.773. The second kappa shape index (κ2) is 4.56. The Morgan fingerprint density at radius 1 is 1.14 bits per heavy atom.